The standard InChI is InChI=1S/C16H22N2O.C13H23N/c1-5-18-12(2)6-7-14-8-9-15(13(3)17)11-16(10-14)19-4;1-7-12(13(3,4)5)9-8-11(2)10-14-6/h5-6,8-9,11H,3,7,10,17H2,1-2,4H3;7-9,14H,1,10H2,2-6H3/b12-6-,18-5?;11-8+,12-9+. The van der Waals surface area contributed by atoms with Crippen molar-refractivity contribution in [2.45, 2.75) is 54.4 Å². The van der Waals surface area contributed by atoms with E-state index in [2.05, 4.69) is 75.5 Å². The predicted molar refractivity (Wildman–Crippen MR) is 147 cm³/mol. The summed E-state index contributed by atoms with van der Waals surface area (Å²) >= 11 is 0. The van der Waals surface area contributed by atoms with Crippen LogP contribution in [0.4, 0.5) is 0 Å². The van der Waals surface area contributed by atoms with E-state index >= 15 is 0 Å². The lowest BCUT2D eigenvalue weighted by atomic mass is 9.86. The topological polar surface area (TPSA) is 59.6 Å². The fraction of sp³-hybridized carbons (Fsp3) is 0.414. The number of aliphatic imine (C=N–C) groups is 1. The lowest BCUT2D eigenvalue weighted by molar-refractivity contribution is 0.282. The van der Waals surface area contributed by atoms with Crippen molar-refractivity contribution in [2.24, 2.45) is 16.1 Å². The molecule has 0 saturated heterocycles. The molecule has 0 amide bonds. The van der Waals surface area contributed by atoms with Gasteiger partial charge in [0.05, 0.1) is 7.11 Å². The lowest BCUT2D eigenvalue weighted by Gasteiger charge is -2.19. The maximum Gasteiger partial charge on any atom is 0.100 e. The number of allylic oxidation sites excluding steroid dienone is 10. The van der Waals surface area contributed by atoms with Crippen LogP contribution in [0.25, 0.3) is 0 Å². The van der Waals surface area contributed by atoms with Gasteiger partial charge >= 0.3 is 0 Å². The molecular formula is C29H45N3O. The molecule has 0 fully saturated rings. The second-order valence-corrected chi connectivity index (χ2v) is 9.02. The van der Waals surface area contributed by atoms with Crippen LogP contribution in [0.3, 0.4) is 0 Å². The molecule has 0 atom stereocenters. The smallest absolute Gasteiger partial charge is 0.100 e. The summed E-state index contributed by atoms with van der Waals surface area (Å²) in [6.45, 7) is 21.2. The summed E-state index contributed by atoms with van der Waals surface area (Å²) in [5, 5.41) is 3.12. The Kier molecular flexibility index (Phi) is 14.5. The van der Waals surface area contributed by atoms with Gasteiger partial charge in [-0.3, -0.25) is 4.99 Å². The van der Waals surface area contributed by atoms with Crippen molar-refractivity contribution >= 4 is 6.21 Å². The van der Waals surface area contributed by atoms with Crippen LogP contribution in [0.1, 0.15) is 54.4 Å². The molecule has 0 aromatic heterocycles. The van der Waals surface area contributed by atoms with Gasteiger partial charge in [0.1, 0.15) is 5.76 Å². The summed E-state index contributed by atoms with van der Waals surface area (Å²) in [5.41, 5.74) is 12.2. The van der Waals surface area contributed by atoms with Gasteiger partial charge in [-0.2, -0.15) is 0 Å². The Labute approximate surface area is 202 Å². The van der Waals surface area contributed by atoms with Gasteiger partial charge < -0.3 is 15.8 Å². The van der Waals surface area contributed by atoms with Crippen molar-refractivity contribution in [1.82, 2.24) is 5.32 Å². The SMILES string of the molecule is C=C(N)C1=CC=C(C/C=C(/C)N=CC)CC(OC)=C1.C=C/C(=C\C=C(/C)CNC)C(C)(C)C. The first kappa shape index (κ1) is 30.1. The zero-order valence-corrected chi connectivity index (χ0v) is 22.1. The number of hydrogen-bond acceptors (Lipinski definition) is 4. The van der Waals surface area contributed by atoms with Crippen LogP contribution in [-0.4, -0.2) is 26.9 Å². The van der Waals surface area contributed by atoms with E-state index in [1.54, 1.807) is 13.3 Å². The highest BCUT2D eigenvalue weighted by Crippen LogP contribution is 2.26. The van der Waals surface area contributed by atoms with Gasteiger partial charge in [0.25, 0.3) is 0 Å². The fourth-order valence-corrected chi connectivity index (χ4v) is 2.96. The van der Waals surface area contributed by atoms with E-state index < -0.39 is 0 Å². The lowest BCUT2D eigenvalue weighted by Crippen LogP contribution is -2.09. The van der Waals surface area contributed by atoms with E-state index in [4.69, 9.17) is 10.5 Å². The summed E-state index contributed by atoms with van der Waals surface area (Å²) in [6.07, 6.45) is 17.8. The Morgan fingerprint density at radius 1 is 1.24 bits per heavy atom. The van der Waals surface area contributed by atoms with E-state index in [1.807, 2.05) is 39.1 Å². The van der Waals surface area contributed by atoms with Crippen LogP contribution >= 0.6 is 0 Å². The first-order valence-corrected chi connectivity index (χ1v) is 11.4. The average molecular weight is 452 g/mol. The van der Waals surface area contributed by atoms with Gasteiger partial charge in [0.2, 0.25) is 0 Å². The van der Waals surface area contributed by atoms with Crippen LogP contribution in [0, 0.1) is 5.41 Å². The molecule has 4 heteroatoms. The summed E-state index contributed by atoms with van der Waals surface area (Å²) in [4.78, 5) is 4.23. The maximum atomic E-state index is 5.74. The van der Waals surface area contributed by atoms with E-state index in [9.17, 15) is 0 Å². The van der Waals surface area contributed by atoms with Gasteiger partial charge in [-0.25, -0.2) is 0 Å². The Hall–Kier alpha value is -2.85. The van der Waals surface area contributed by atoms with Crippen molar-refractivity contribution in [3.8, 4) is 0 Å². The summed E-state index contributed by atoms with van der Waals surface area (Å²) < 4.78 is 5.37. The van der Waals surface area contributed by atoms with Crippen LogP contribution in [0.2, 0.25) is 0 Å². The second kappa shape index (κ2) is 15.9. The average Bonchev–Trinajstić information content (AvgIpc) is 2.95. The van der Waals surface area contributed by atoms with Gasteiger partial charge in [-0.15, -0.1) is 0 Å². The predicted octanol–water partition coefficient (Wildman–Crippen LogP) is 6.94. The molecule has 0 heterocycles. The maximum absolute atomic E-state index is 5.74. The van der Waals surface area contributed by atoms with Crippen LogP contribution in [0.5, 0.6) is 0 Å². The molecule has 4 nitrogen and oxygen atoms in total. The summed E-state index contributed by atoms with van der Waals surface area (Å²) in [5.74, 6) is 0.895. The third-order valence-electron chi connectivity index (χ3n) is 4.93. The van der Waals surface area contributed by atoms with E-state index in [0.717, 1.165) is 36.4 Å². The molecule has 1 rings (SSSR count). The zero-order chi connectivity index (χ0) is 25.4. The van der Waals surface area contributed by atoms with E-state index in [1.165, 1.54) is 16.7 Å². The van der Waals surface area contributed by atoms with Crippen LogP contribution in [-0.2, 0) is 4.74 Å². The zero-order valence-electron chi connectivity index (χ0n) is 22.1. The van der Waals surface area contributed by atoms with Crippen molar-refractivity contribution < 1.29 is 4.74 Å². The molecule has 1 aliphatic rings. The molecule has 0 aromatic carbocycles. The quantitative estimate of drug-likeness (QED) is 0.295. The van der Waals surface area contributed by atoms with Gasteiger partial charge in [0, 0.05) is 36.1 Å². The Balaban J connectivity index is 0.000000653. The first-order valence-electron chi connectivity index (χ1n) is 11.4. The third kappa shape index (κ3) is 13.3. The molecule has 0 spiro atoms. The number of nitrogens with zero attached hydrogens (tertiary/aromatic N) is 1. The third-order valence-corrected chi connectivity index (χ3v) is 4.93. The van der Waals surface area contributed by atoms with Crippen molar-refractivity contribution in [2.75, 3.05) is 20.7 Å². The highest BCUT2D eigenvalue weighted by molar-refractivity contribution is 5.55. The molecule has 0 bridgehead atoms. The molecule has 0 aromatic rings. The van der Waals surface area contributed by atoms with Crippen molar-refractivity contribution in [3.05, 3.63) is 95.1 Å². The number of hydrogen-bond donors (Lipinski definition) is 2. The number of methoxy groups -OCH3 is 1. The number of ether oxygens (including phenoxy) is 1. The monoisotopic (exact) mass is 451 g/mol. The highest BCUT2D eigenvalue weighted by atomic mass is 16.5. The number of rotatable bonds is 9. The minimum Gasteiger partial charge on any atom is -0.501 e. The molecule has 0 radical (unpaired) electrons. The van der Waals surface area contributed by atoms with Crippen molar-refractivity contribution in [1.29, 1.82) is 0 Å². The number of nitrogens with two attached hydrogens (primary N) is 1. The largest absolute Gasteiger partial charge is 0.501 e. The van der Waals surface area contributed by atoms with Gasteiger partial charge in [0.15, 0.2) is 0 Å². The fourth-order valence-electron chi connectivity index (χ4n) is 2.96. The molecule has 0 unspecified atom stereocenters. The number of likely N-dealkylation sites (N-methyl/N-ethyl adjacent to an activating group) is 1. The Bertz CT molecular complexity index is 869. The number of nitrogens with one attached hydrogen (secondary N) is 1. The minimum atomic E-state index is 0.179. The molecule has 33 heavy (non-hydrogen) atoms. The van der Waals surface area contributed by atoms with Crippen LogP contribution < -0.4 is 11.1 Å². The molecule has 0 saturated carbocycles. The molecule has 3 N–H and O–H groups in total. The van der Waals surface area contributed by atoms with E-state index in [0.29, 0.717) is 5.70 Å². The molecule has 0 aliphatic heterocycles. The van der Waals surface area contributed by atoms with Crippen LogP contribution in [0.15, 0.2) is 100 Å². The molecule has 1 aliphatic carbocycles. The molecular weight excluding hydrogens is 406 g/mol. The second-order valence-electron chi connectivity index (χ2n) is 9.02. The van der Waals surface area contributed by atoms with Gasteiger partial charge in [-0.05, 0) is 51.3 Å². The van der Waals surface area contributed by atoms with Crippen molar-refractivity contribution in [3.63, 3.8) is 0 Å². The first-order chi connectivity index (χ1) is 15.5. The normalized spacial score (nSPS) is 15.6. The molecule has 182 valence electrons. The van der Waals surface area contributed by atoms with Gasteiger partial charge in [-0.1, -0.05) is 81.5 Å². The Morgan fingerprint density at radius 3 is 2.39 bits per heavy atom. The highest BCUT2D eigenvalue weighted by Gasteiger charge is 2.12. The Morgan fingerprint density at radius 2 is 1.91 bits per heavy atom. The summed E-state index contributed by atoms with van der Waals surface area (Å²) in [6, 6.07) is 0. The minimum absolute atomic E-state index is 0.179. The summed E-state index contributed by atoms with van der Waals surface area (Å²) in [7, 11) is 3.63. The van der Waals surface area contributed by atoms with E-state index in [-0.39, 0.29) is 5.41 Å².